The Bertz CT molecular complexity index is 531. The van der Waals surface area contributed by atoms with Crippen LogP contribution in [-0.2, 0) is 0 Å². The van der Waals surface area contributed by atoms with E-state index in [9.17, 15) is 0 Å². The van der Waals surface area contributed by atoms with E-state index in [1.54, 1.807) is 4.68 Å². The molecule has 1 aliphatic rings. The highest BCUT2D eigenvalue weighted by Crippen LogP contribution is 2.41. The lowest BCUT2D eigenvalue weighted by molar-refractivity contribution is 0.799. The minimum absolute atomic E-state index is 0.524. The maximum absolute atomic E-state index is 6.06. The summed E-state index contributed by atoms with van der Waals surface area (Å²) in [6.45, 7) is 0. The molecule has 0 amide bonds. The number of nitrogen functional groups attached to an aromatic ring is 1. The van der Waals surface area contributed by atoms with E-state index < -0.39 is 0 Å². The van der Waals surface area contributed by atoms with Crippen molar-refractivity contribution in [2.75, 3.05) is 5.73 Å². The first-order chi connectivity index (χ1) is 7.77. The van der Waals surface area contributed by atoms with Crippen LogP contribution in [0.1, 0.15) is 24.5 Å². The number of nitrogens with two attached hydrogens (primary N) is 1. The fourth-order valence-electron chi connectivity index (χ4n) is 1.75. The molecule has 1 aromatic carbocycles. The summed E-state index contributed by atoms with van der Waals surface area (Å²) in [5.41, 5.74) is 7.93. The standard InChI is InChI=1S/C11H11BrN4/c12-8-3-1-2-4-9(8)16-11(13)10(14-15-16)7-5-6-7/h1-4,7H,5-6,13H2. The summed E-state index contributed by atoms with van der Waals surface area (Å²) in [6, 6.07) is 7.85. The number of benzene rings is 1. The van der Waals surface area contributed by atoms with Gasteiger partial charge in [0.1, 0.15) is 5.69 Å². The van der Waals surface area contributed by atoms with Gasteiger partial charge in [-0.1, -0.05) is 17.3 Å². The summed E-state index contributed by atoms with van der Waals surface area (Å²) in [5, 5.41) is 8.28. The molecular weight excluding hydrogens is 268 g/mol. The number of para-hydroxylation sites is 1. The van der Waals surface area contributed by atoms with E-state index in [2.05, 4.69) is 26.2 Å². The average Bonchev–Trinajstić information content (AvgIpc) is 3.05. The topological polar surface area (TPSA) is 56.7 Å². The molecule has 4 nitrogen and oxygen atoms in total. The van der Waals surface area contributed by atoms with Crippen molar-refractivity contribution in [1.82, 2.24) is 15.0 Å². The van der Waals surface area contributed by atoms with Crippen LogP contribution in [0.25, 0.3) is 5.69 Å². The molecule has 2 N–H and O–H groups in total. The predicted molar refractivity (Wildman–Crippen MR) is 65.4 cm³/mol. The Morgan fingerprint density at radius 2 is 2.06 bits per heavy atom. The van der Waals surface area contributed by atoms with Crippen molar-refractivity contribution in [3.63, 3.8) is 0 Å². The van der Waals surface area contributed by atoms with Gasteiger partial charge in [0.2, 0.25) is 0 Å². The van der Waals surface area contributed by atoms with Crippen LogP contribution in [0.15, 0.2) is 28.7 Å². The van der Waals surface area contributed by atoms with E-state index in [1.165, 1.54) is 12.8 Å². The van der Waals surface area contributed by atoms with E-state index in [0.29, 0.717) is 11.7 Å². The van der Waals surface area contributed by atoms with Gasteiger partial charge in [-0.25, -0.2) is 0 Å². The van der Waals surface area contributed by atoms with Crippen LogP contribution in [0.3, 0.4) is 0 Å². The van der Waals surface area contributed by atoms with E-state index in [1.807, 2.05) is 24.3 Å². The molecular formula is C11H11BrN4. The molecule has 0 saturated heterocycles. The first-order valence-electron chi connectivity index (χ1n) is 5.23. The zero-order chi connectivity index (χ0) is 11.1. The van der Waals surface area contributed by atoms with Crippen molar-refractivity contribution in [2.24, 2.45) is 0 Å². The van der Waals surface area contributed by atoms with Gasteiger partial charge in [-0.2, -0.15) is 4.68 Å². The minimum Gasteiger partial charge on any atom is -0.382 e. The first kappa shape index (κ1) is 9.84. The van der Waals surface area contributed by atoms with E-state index >= 15 is 0 Å². The van der Waals surface area contributed by atoms with Gasteiger partial charge >= 0.3 is 0 Å². The lowest BCUT2D eigenvalue weighted by Crippen LogP contribution is -2.03. The quantitative estimate of drug-likeness (QED) is 0.918. The molecule has 16 heavy (non-hydrogen) atoms. The zero-order valence-electron chi connectivity index (χ0n) is 8.60. The predicted octanol–water partition coefficient (Wildman–Crippen LogP) is 2.49. The van der Waals surface area contributed by atoms with Gasteiger partial charge in [0.25, 0.3) is 0 Å². The molecule has 0 unspecified atom stereocenters. The summed E-state index contributed by atoms with van der Waals surface area (Å²) < 4.78 is 2.66. The number of nitrogens with zero attached hydrogens (tertiary/aromatic N) is 3. The van der Waals surface area contributed by atoms with Crippen LogP contribution in [0.5, 0.6) is 0 Å². The molecule has 82 valence electrons. The Balaban J connectivity index is 2.10. The molecule has 3 rings (SSSR count). The third kappa shape index (κ3) is 1.51. The lowest BCUT2D eigenvalue weighted by atomic mass is 10.3. The van der Waals surface area contributed by atoms with Crippen LogP contribution in [0.4, 0.5) is 5.82 Å². The Morgan fingerprint density at radius 3 is 2.75 bits per heavy atom. The monoisotopic (exact) mass is 278 g/mol. The third-order valence-corrected chi connectivity index (χ3v) is 3.45. The summed E-state index contributed by atoms with van der Waals surface area (Å²) in [7, 11) is 0. The fraction of sp³-hybridized carbons (Fsp3) is 0.273. The van der Waals surface area contributed by atoms with Crippen LogP contribution >= 0.6 is 15.9 Å². The van der Waals surface area contributed by atoms with E-state index in [4.69, 9.17) is 5.73 Å². The molecule has 1 saturated carbocycles. The first-order valence-corrected chi connectivity index (χ1v) is 6.02. The average molecular weight is 279 g/mol. The summed E-state index contributed by atoms with van der Waals surface area (Å²) in [4.78, 5) is 0. The van der Waals surface area contributed by atoms with Gasteiger partial charge in [0, 0.05) is 10.4 Å². The highest BCUT2D eigenvalue weighted by atomic mass is 79.9. The van der Waals surface area contributed by atoms with E-state index in [0.717, 1.165) is 15.9 Å². The van der Waals surface area contributed by atoms with Crippen LogP contribution in [0.2, 0.25) is 0 Å². The number of hydrogen-bond donors (Lipinski definition) is 1. The summed E-state index contributed by atoms with van der Waals surface area (Å²) >= 11 is 3.48. The van der Waals surface area contributed by atoms with Crippen molar-refractivity contribution >= 4 is 21.7 Å². The molecule has 1 heterocycles. The second kappa shape index (κ2) is 3.59. The van der Waals surface area contributed by atoms with Gasteiger partial charge in [-0.05, 0) is 40.9 Å². The molecule has 1 fully saturated rings. The van der Waals surface area contributed by atoms with Crippen molar-refractivity contribution in [3.05, 3.63) is 34.4 Å². The number of anilines is 1. The second-order valence-electron chi connectivity index (χ2n) is 4.00. The Labute approximate surface area is 102 Å². The largest absolute Gasteiger partial charge is 0.382 e. The Morgan fingerprint density at radius 1 is 1.31 bits per heavy atom. The Kier molecular flexibility index (Phi) is 2.21. The van der Waals surface area contributed by atoms with Crippen molar-refractivity contribution in [1.29, 1.82) is 0 Å². The maximum Gasteiger partial charge on any atom is 0.151 e. The maximum atomic E-state index is 6.06. The molecule has 0 spiro atoms. The van der Waals surface area contributed by atoms with Crippen LogP contribution < -0.4 is 5.73 Å². The van der Waals surface area contributed by atoms with Gasteiger partial charge in [-0.15, -0.1) is 5.10 Å². The normalized spacial score (nSPS) is 15.3. The summed E-state index contributed by atoms with van der Waals surface area (Å²) in [6.07, 6.45) is 2.36. The molecule has 0 atom stereocenters. The zero-order valence-corrected chi connectivity index (χ0v) is 10.2. The molecule has 0 radical (unpaired) electrons. The van der Waals surface area contributed by atoms with Crippen molar-refractivity contribution in [3.8, 4) is 5.69 Å². The van der Waals surface area contributed by atoms with Gasteiger partial charge < -0.3 is 5.73 Å². The molecule has 5 heteroatoms. The van der Waals surface area contributed by atoms with E-state index in [-0.39, 0.29) is 0 Å². The lowest BCUT2D eigenvalue weighted by Gasteiger charge is -2.05. The SMILES string of the molecule is Nc1c(C2CC2)nnn1-c1ccccc1Br. The van der Waals surface area contributed by atoms with Crippen molar-refractivity contribution < 1.29 is 0 Å². The number of rotatable bonds is 2. The molecule has 0 aliphatic heterocycles. The summed E-state index contributed by atoms with van der Waals surface area (Å²) in [5.74, 6) is 1.19. The highest BCUT2D eigenvalue weighted by Gasteiger charge is 2.30. The smallest absolute Gasteiger partial charge is 0.151 e. The van der Waals surface area contributed by atoms with Crippen LogP contribution in [-0.4, -0.2) is 15.0 Å². The van der Waals surface area contributed by atoms with Gasteiger partial charge in [-0.3, -0.25) is 0 Å². The number of aromatic nitrogens is 3. The minimum atomic E-state index is 0.524. The number of hydrogen-bond acceptors (Lipinski definition) is 3. The molecule has 0 bridgehead atoms. The molecule has 1 aliphatic carbocycles. The highest BCUT2D eigenvalue weighted by molar-refractivity contribution is 9.10. The second-order valence-corrected chi connectivity index (χ2v) is 4.85. The van der Waals surface area contributed by atoms with Gasteiger partial charge in [0.15, 0.2) is 5.82 Å². The molecule has 1 aromatic heterocycles. The van der Waals surface area contributed by atoms with Crippen LogP contribution in [0, 0.1) is 0 Å². The fourth-order valence-corrected chi connectivity index (χ4v) is 2.20. The Hall–Kier alpha value is -1.36. The van der Waals surface area contributed by atoms with Gasteiger partial charge in [0.05, 0.1) is 5.69 Å². The molecule has 2 aromatic rings. The number of halogens is 1. The third-order valence-electron chi connectivity index (χ3n) is 2.78. The van der Waals surface area contributed by atoms with Crippen molar-refractivity contribution in [2.45, 2.75) is 18.8 Å².